The highest BCUT2D eigenvalue weighted by molar-refractivity contribution is 7.91. The monoisotopic (exact) mass is 785 g/mol. The summed E-state index contributed by atoms with van der Waals surface area (Å²) in [4.78, 5) is 61.9. The number of benzene rings is 1. The summed E-state index contributed by atoms with van der Waals surface area (Å²) in [6.07, 6.45) is 8.81. The average molecular weight is 786 g/mol. The van der Waals surface area contributed by atoms with Gasteiger partial charge in [-0.3, -0.25) is 19.1 Å². The molecule has 2 aliphatic carbocycles. The summed E-state index contributed by atoms with van der Waals surface area (Å²) in [6, 6.07) is -1.40. The number of hydrogen-bond donors (Lipinski definition) is 3. The summed E-state index contributed by atoms with van der Waals surface area (Å²) < 4.78 is 68.3. The van der Waals surface area contributed by atoms with Crippen LogP contribution in [0.2, 0.25) is 0 Å². The van der Waals surface area contributed by atoms with Gasteiger partial charge in [-0.2, -0.15) is 0 Å². The molecule has 1 aromatic heterocycles. The molecule has 0 radical (unpaired) electrons. The second kappa shape index (κ2) is 14.3. The van der Waals surface area contributed by atoms with Crippen molar-refractivity contribution >= 4 is 44.7 Å². The van der Waals surface area contributed by atoms with Crippen molar-refractivity contribution in [3.63, 3.8) is 0 Å². The number of carbonyl (C=O) groups is 4. The smallest absolute Gasteiger partial charge is 0.408 e. The molecule has 55 heavy (non-hydrogen) atoms. The normalized spacial score (nSPS) is 29.5. The molecular formula is C39H49F2N5O8S. The molecule has 1 saturated heterocycles. The van der Waals surface area contributed by atoms with E-state index in [1.807, 2.05) is 13.0 Å². The third kappa shape index (κ3) is 7.88. The van der Waals surface area contributed by atoms with Gasteiger partial charge in [0.25, 0.3) is 5.91 Å². The van der Waals surface area contributed by atoms with Crippen molar-refractivity contribution in [1.82, 2.24) is 25.2 Å². The average Bonchev–Trinajstić information content (AvgIpc) is 4.02. The van der Waals surface area contributed by atoms with E-state index in [0.29, 0.717) is 73.8 Å². The molecule has 1 aromatic carbocycles. The molecule has 4 heterocycles. The maximum absolute atomic E-state index is 14.7. The summed E-state index contributed by atoms with van der Waals surface area (Å²) in [5.41, 5.74) is -0.398. The predicted octanol–water partition coefficient (Wildman–Crippen LogP) is 4.77. The van der Waals surface area contributed by atoms with Crippen molar-refractivity contribution in [2.75, 3.05) is 6.54 Å². The molecule has 3 fully saturated rings. The van der Waals surface area contributed by atoms with Gasteiger partial charge in [0.1, 0.15) is 35.1 Å². The van der Waals surface area contributed by atoms with E-state index in [0.717, 1.165) is 25.0 Å². The highest BCUT2D eigenvalue weighted by Gasteiger charge is 2.55. The molecule has 1 spiro atoms. The molecule has 298 valence electrons. The van der Waals surface area contributed by atoms with Gasteiger partial charge in [-0.1, -0.05) is 31.9 Å². The number of aryl methyl sites for hydroxylation is 2. The van der Waals surface area contributed by atoms with Crippen LogP contribution in [0, 0.1) is 24.5 Å². The second-order valence-electron chi connectivity index (χ2n) is 16.6. The first-order chi connectivity index (χ1) is 25.9. The zero-order valence-corrected chi connectivity index (χ0v) is 32.5. The SMILES string of the molecule is Cc1nc2cc(F)c(F)cc2c2c1O[C@]1(CC2)C[C@H]2C(=O)NC(C(=O)NS(=O)(=O)C3(C)CC3)[C@@H](C)/C=C\CCCCC[C@H](NC(=O)OC3(C)CC3)C(=O)N2C1. The number of alkyl carbamates (subject to hydrolysis) is 1. The Hall–Kier alpha value is -4.34. The van der Waals surface area contributed by atoms with E-state index < -0.39 is 85.5 Å². The number of ether oxygens (including phenoxy) is 2. The minimum Gasteiger partial charge on any atom is -0.483 e. The summed E-state index contributed by atoms with van der Waals surface area (Å²) >= 11 is 0. The third-order valence-corrected chi connectivity index (χ3v) is 14.2. The number of pyridine rings is 1. The molecule has 2 saturated carbocycles. The van der Waals surface area contributed by atoms with E-state index in [1.165, 1.54) is 4.90 Å². The molecular weight excluding hydrogens is 737 g/mol. The molecule has 7 rings (SSSR count). The summed E-state index contributed by atoms with van der Waals surface area (Å²) in [5, 5.41) is 5.95. The molecule has 2 aromatic rings. The van der Waals surface area contributed by atoms with Crippen molar-refractivity contribution in [2.45, 2.75) is 139 Å². The fourth-order valence-corrected chi connectivity index (χ4v) is 9.18. The number of carbonyl (C=O) groups excluding carboxylic acids is 4. The number of allylic oxidation sites excluding steroid dienone is 1. The van der Waals surface area contributed by atoms with Gasteiger partial charge in [0.05, 0.1) is 22.5 Å². The lowest BCUT2D eigenvalue weighted by Crippen LogP contribution is -2.58. The molecule has 5 atom stereocenters. The van der Waals surface area contributed by atoms with Gasteiger partial charge in [-0.15, -0.1) is 0 Å². The number of nitrogens with one attached hydrogen (secondary N) is 3. The third-order valence-electron chi connectivity index (χ3n) is 12.0. The first kappa shape index (κ1) is 38.9. The number of rotatable bonds is 5. The van der Waals surface area contributed by atoms with Crippen LogP contribution in [0.1, 0.15) is 103 Å². The molecule has 0 bridgehead atoms. The summed E-state index contributed by atoms with van der Waals surface area (Å²) in [6.45, 7) is 6.71. The number of sulfonamides is 1. The van der Waals surface area contributed by atoms with Gasteiger partial charge in [0.2, 0.25) is 21.8 Å². The fraction of sp³-hybridized carbons (Fsp3) is 0.615. The number of hydrogen-bond acceptors (Lipinski definition) is 9. The topological polar surface area (TPSA) is 173 Å². The first-order valence-corrected chi connectivity index (χ1v) is 20.7. The van der Waals surface area contributed by atoms with Gasteiger partial charge < -0.3 is 25.0 Å². The predicted molar refractivity (Wildman–Crippen MR) is 197 cm³/mol. The lowest BCUT2D eigenvalue weighted by atomic mass is 9.87. The Morgan fingerprint density at radius 1 is 1.05 bits per heavy atom. The van der Waals surface area contributed by atoms with Crippen molar-refractivity contribution in [2.24, 2.45) is 5.92 Å². The second-order valence-corrected chi connectivity index (χ2v) is 18.8. The quantitative estimate of drug-likeness (QED) is 0.361. The van der Waals surface area contributed by atoms with Crippen LogP contribution in [0.15, 0.2) is 24.3 Å². The minimum absolute atomic E-state index is 0.0105. The van der Waals surface area contributed by atoms with Crippen LogP contribution in [0.3, 0.4) is 0 Å². The zero-order valence-electron chi connectivity index (χ0n) is 31.6. The van der Waals surface area contributed by atoms with E-state index in [9.17, 15) is 36.4 Å². The largest absolute Gasteiger partial charge is 0.483 e. The summed E-state index contributed by atoms with van der Waals surface area (Å²) in [5.74, 6) is -4.41. The molecule has 3 aliphatic heterocycles. The van der Waals surface area contributed by atoms with Gasteiger partial charge >= 0.3 is 6.09 Å². The Balaban J connectivity index is 1.23. The van der Waals surface area contributed by atoms with Crippen LogP contribution >= 0.6 is 0 Å². The van der Waals surface area contributed by atoms with E-state index in [-0.39, 0.29) is 24.9 Å². The van der Waals surface area contributed by atoms with E-state index in [2.05, 4.69) is 20.3 Å². The summed E-state index contributed by atoms with van der Waals surface area (Å²) in [7, 11) is -4.03. The van der Waals surface area contributed by atoms with Gasteiger partial charge in [0.15, 0.2) is 11.6 Å². The molecule has 5 aliphatic rings. The van der Waals surface area contributed by atoms with Crippen molar-refractivity contribution in [3.8, 4) is 5.75 Å². The Labute approximate surface area is 319 Å². The lowest BCUT2D eigenvalue weighted by molar-refractivity contribution is -0.141. The van der Waals surface area contributed by atoms with Crippen LogP contribution in [-0.4, -0.2) is 82.7 Å². The lowest BCUT2D eigenvalue weighted by Gasteiger charge is -2.36. The van der Waals surface area contributed by atoms with Crippen molar-refractivity contribution in [1.29, 1.82) is 0 Å². The number of halogens is 2. The van der Waals surface area contributed by atoms with Crippen LogP contribution in [0.4, 0.5) is 13.6 Å². The number of nitrogens with zero attached hydrogens (tertiary/aromatic N) is 2. The van der Waals surface area contributed by atoms with Gasteiger partial charge in [-0.25, -0.2) is 27.0 Å². The maximum Gasteiger partial charge on any atom is 0.408 e. The van der Waals surface area contributed by atoms with Crippen molar-refractivity contribution in [3.05, 3.63) is 47.2 Å². The van der Waals surface area contributed by atoms with Gasteiger partial charge in [-0.05, 0) is 84.6 Å². The van der Waals surface area contributed by atoms with Crippen LogP contribution in [-0.2, 0) is 35.6 Å². The Morgan fingerprint density at radius 2 is 1.78 bits per heavy atom. The molecule has 13 nitrogen and oxygen atoms in total. The van der Waals surface area contributed by atoms with Crippen LogP contribution in [0.5, 0.6) is 5.75 Å². The molecule has 4 amide bonds. The minimum atomic E-state index is -4.03. The molecule has 1 unspecified atom stereocenters. The first-order valence-electron chi connectivity index (χ1n) is 19.2. The Morgan fingerprint density at radius 3 is 2.49 bits per heavy atom. The highest BCUT2D eigenvalue weighted by atomic mass is 32.2. The highest BCUT2D eigenvalue weighted by Crippen LogP contribution is 2.45. The Bertz CT molecular complexity index is 2070. The van der Waals surface area contributed by atoms with E-state index in [4.69, 9.17) is 9.47 Å². The molecule has 3 N–H and O–H groups in total. The Kier molecular flexibility index (Phi) is 10.1. The van der Waals surface area contributed by atoms with Crippen LogP contribution < -0.4 is 20.1 Å². The van der Waals surface area contributed by atoms with E-state index in [1.54, 1.807) is 26.8 Å². The van der Waals surface area contributed by atoms with Crippen molar-refractivity contribution < 1.29 is 45.9 Å². The zero-order chi connectivity index (χ0) is 39.5. The number of fused-ring (bicyclic) bond motifs is 4. The standard InChI is InChI=1S/C39H49F2N5O8S/c1-22-10-8-6-5-7-9-11-28(43-36(50)54-37(3)14-15-37)35(49)46-21-39(13-12-24-25-18-26(40)27(41)19-29(25)42-23(2)32(24)53-39)20-30(46)33(47)44-31(22)34(48)45-55(51,52)38(4)16-17-38/h8,10,18-19,22,28,30-31H,5-7,9,11-17,20-21H2,1-4H3,(H,43,50)(H,44,47)(H,45,48)/b10-8-/t22-,28-,30-,31?,39+/m0/s1. The van der Waals surface area contributed by atoms with Gasteiger partial charge in [0, 0.05) is 29.4 Å². The molecule has 16 heteroatoms. The maximum atomic E-state index is 14.7. The fourth-order valence-electron chi connectivity index (χ4n) is 7.90. The number of aromatic nitrogens is 1. The van der Waals surface area contributed by atoms with Crippen LogP contribution in [0.25, 0.3) is 10.9 Å². The van der Waals surface area contributed by atoms with E-state index >= 15 is 0 Å². The number of amides is 4.